The Bertz CT molecular complexity index is 870. The molecule has 0 aliphatic rings. The van der Waals surface area contributed by atoms with Crippen LogP contribution >= 0.6 is 12.4 Å². The molecule has 27 heavy (non-hydrogen) atoms. The first-order valence-corrected chi connectivity index (χ1v) is 10.0. The van der Waals surface area contributed by atoms with Gasteiger partial charge in [-0.1, -0.05) is 31.2 Å². The first-order valence-electron chi connectivity index (χ1n) is 8.56. The zero-order valence-electron chi connectivity index (χ0n) is 15.7. The molecular weight excluding hydrogens is 386 g/mol. The summed E-state index contributed by atoms with van der Waals surface area (Å²) in [4.78, 5) is 12.7. The van der Waals surface area contributed by atoms with Gasteiger partial charge in [0.2, 0.25) is 10.0 Å². The second kappa shape index (κ2) is 10.4. The summed E-state index contributed by atoms with van der Waals surface area (Å²) in [6.45, 7) is 6.97. The minimum atomic E-state index is -3.65. The lowest BCUT2D eigenvalue weighted by Crippen LogP contribution is -2.30. The number of halogens is 1. The molecule has 6 nitrogen and oxygen atoms in total. The molecule has 0 aliphatic heterocycles. The monoisotopic (exact) mass is 411 g/mol. The van der Waals surface area contributed by atoms with E-state index in [2.05, 4.69) is 15.4 Å². The van der Waals surface area contributed by atoms with Crippen molar-refractivity contribution in [3.8, 4) is 0 Å². The van der Waals surface area contributed by atoms with Crippen LogP contribution in [0.3, 0.4) is 0 Å². The average Bonchev–Trinajstić information content (AvgIpc) is 2.60. The lowest BCUT2D eigenvalue weighted by molar-refractivity contribution is 0.102. The highest BCUT2D eigenvalue weighted by atomic mass is 35.5. The van der Waals surface area contributed by atoms with Crippen LogP contribution in [0.15, 0.2) is 53.4 Å². The standard InChI is InChI=1S/C19H25N3O3S.ClH/c1-4-20-13-16-8-5-6-11-18(16)21-19(23)15-9-7-10-17(12-15)26(24,25)22-14(2)3;/h5-12,14,20,22H,4,13H2,1-3H3,(H,21,23);1H. The molecule has 0 bridgehead atoms. The Morgan fingerprint density at radius 2 is 1.78 bits per heavy atom. The summed E-state index contributed by atoms with van der Waals surface area (Å²) in [5.41, 5.74) is 1.95. The maximum atomic E-state index is 12.6. The van der Waals surface area contributed by atoms with Gasteiger partial charge < -0.3 is 10.6 Å². The summed E-state index contributed by atoms with van der Waals surface area (Å²) in [6.07, 6.45) is 0. The molecule has 3 N–H and O–H groups in total. The second-order valence-electron chi connectivity index (χ2n) is 6.20. The number of carbonyl (C=O) groups is 1. The van der Waals surface area contributed by atoms with E-state index in [0.29, 0.717) is 12.2 Å². The number of anilines is 1. The largest absolute Gasteiger partial charge is 0.322 e. The Morgan fingerprint density at radius 3 is 2.44 bits per heavy atom. The van der Waals surface area contributed by atoms with Crippen molar-refractivity contribution in [2.24, 2.45) is 0 Å². The number of para-hydroxylation sites is 1. The minimum Gasteiger partial charge on any atom is -0.322 e. The topological polar surface area (TPSA) is 87.3 Å². The molecule has 0 spiro atoms. The summed E-state index contributed by atoms with van der Waals surface area (Å²) in [5, 5.41) is 6.09. The predicted molar refractivity (Wildman–Crippen MR) is 111 cm³/mol. The Kier molecular flexibility index (Phi) is 8.92. The van der Waals surface area contributed by atoms with Crippen LogP contribution in [0.25, 0.3) is 0 Å². The van der Waals surface area contributed by atoms with Gasteiger partial charge in [-0.3, -0.25) is 4.79 Å². The lowest BCUT2D eigenvalue weighted by Gasteiger charge is -2.13. The van der Waals surface area contributed by atoms with E-state index in [-0.39, 0.29) is 34.8 Å². The summed E-state index contributed by atoms with van der Waals surface area (Å²) < 4.78 is 27.1. The number of nitrogens with one attached hydrogen (secondary N) is 3. The van der Waals surface area contributed by atoms with Crippen molar-refractivity contribution in [3.05, 3.63) is 59.7 Å². The molecule has 2 aromatic carbocycles. The fourth-order valence-corrected chi connectivity index (χ4v) is 3.73. The Labute approximate surface area is 167 Å². The number of hydrogen-bond acceptors (Lipinski definition) is 4. The Morgan fingerprint density at radius 1 is 1.07 bits per heavy atom. The van der Waals surface area contributed by atoms with Crippen molar-refractivity contribution < 1.29 is 13.2 Å². The van der Waals surface area contributed by atoms with E-state index in [9.17, 15) is 13.2 Å². The van der Waals surface area contributed by atoms with Crippen LogP contribution in [0, 0.1) is 0 Å². The van der Waals surface area contributed by atoms with Gasteiger partial charge in [-0.05, 0) is 50.2 Å². The number of hydrogen-bond donors (Lipinski definition) is 3. The highest BCUT2D eigenvalue weighted by Gasteiger charge is 2.17. The molecule has 0 radical (unpaired) electrons. The molecule has 0 fully saturated rings. The molecule has 0 atom stereocenters. The molecule has 0 saturated carbocycles. The van der Waals surface area contributed by atoms with E-state index in [1.807, 2.05) is 31.2 Å². The van der Waals surface area contributed by atoms with Gasteiger partial charge in [0.1, 0.15) is 0 Å². The lowest BCUT2D eigenvalue weighted by atomic mass is 10.1. The molecular formula is C19H26ClN3O3S. The third kappa shape index (κ3) is 6.62. The molecule has 0 saturated heterocycles. The van der Waals surface area contributed by atoms with Gasteiger partial charge in [-0.2, -0.15) is 0 Å². The maximum absolute atomic E-state index is 12.6. The molecule has 2 aromatic rings. The fourth-order valence-electron chi connectivity index (χ4n) is 2.43. The highest BCUT2D eigenvalue weighted by molar-refractivity contribution is 7.89. The van der Waals surface area contributed by atoms with Crippen LogP contribution in [-0.2, 0) is 16.6 Å². The van der Waals surface area contributed by atoms with Gasteiger partial charge in [0.15, 0.2) is 0 Å². The van der Waals surface area contributed by atoms with Gasteiger partial charge >= 0.3 is 0 Å². The van der Waals surface area contributed by atoms with Gasteiger partial charge in [-0.15, -0.1) is 12.4 Å². The molecule has 1 amide bonds. The number of sulfonamides is 1. The molecule has 0 aliphatic carbocycles. The molecule has 0 unspecified atom stereocenters. The van der Waals surface area contributed by atoms with E-state index in [4.69, 9.17) is 0 Å². The van der Waals surface area contributed by atoms with Gasteiger partial charge in [0.05, 0.1) is 4.90 Å². The van der Waals surface area contributed by atoms with Crippen LogP contribution < -0.4 is 15.4 Å². The van der Waals surface area contributed by atoms with Gasteiger partial charge in [-0.25, -0.2) is 13.1 Å². The molecule has 2 rings (SSSR count). The maximum Gasteiger partial charge on any atom is 0.255 e. The summed E-state index contributed by atoms with van der Waals surface area (Å²) in [7, 11) is -3.65. The van der Waals surface area contributed by atoms with Crippen LogP contribution in [0.2, 0.25) is 0 Å². The minimum absolute atomic E-state index is 0. The SMILES string of the molecule is CCNCc1ccccc1NC(=O)c1cccc(S(=O)(=O)NC(C)C)c1.Cl. The first kappa shape index (κ1) is 23.1. The first-order chi connectivity index (χ1) is 12.3. The summed E-state index contributed by atoms with van der Waals surface area (Å²) >= 11 is 0. The van der Waals surface area contributed by atoms with Crippen molar-refractivity contribution in [1.82, 2.24) is 10.0 Å². The van der Waals surface area contributed by atoms with E-state index < -0.39 is 10.0 Å². The Balaban J connectivity index is 0.00000364. The van der Waals surface area contributed by atoms with E-state index in [1.54, 1.807) is 26.0 Å². The number of carbonyl (C=O) groups excluding carboxylic acids is 1. The molecule has 8 heteroatoms. The zero-order chi connectivity index (χ0) is 19.2. The summed E-state index contributed by atoms with van der Waals surface area (Å²) in [5.74, 6) is -0.351. The van der Waals surface area contributed by atoms with Crippen LogP contribution in [0.5, 0.6) is 0 Å². The number of benzene rings is 2. The van der Waals surface area contributed by atoms with Crippen molar-refractivity contribution in [2.45, 2.75) is 38.3 Å². The van der Waals surface area contributed by atoms with Crippen LogP contribution in [-0.4, -0.2) is 26.9 Å². The van der Waals surface area contributed by atoms with Crippen molar-refractivity contribution in [3.63, 3.8) is 0 Å². The van der Waals surface area contributed by atoms with Crippen molar-refractivity contribution in [2.75, 3.05) is 11.9 Å². The molecule has 148 valence electrons. The molecule has 0 heterocycles. The second-order valence-corrected chi connectivity index (χ2v) is 7.91. The quantitative estimate of drug-likeness (QED) is 0.622. The summed E-state index contributed by atoms with van der Waals surface area (Å²) in [6, 6.07) is 13.3. The third-order valence-electron chi connectivity index (χ3n) is 3.63. The average molecular weight is 412 g/mol. The predicted octanol–water partition coefficient (Wildman–Crippen LogP) is 3.16. The number of amides is 1. The Hall–Kier alpha value is -1.93. The highest BCUT2D eigenvalue weighted by Crippen LogP contribution is 2.18. The molecule has 0 aromatic heterocycles. The van der Waals surface area contributed by atoms with Crippen LogP contribution in [0.1, 0.15) is 36.7 Å². The third-order valence-corrected chi connectivity index (χ3v) is 5.28. The van der Waals surface area contributed by atoms with Gasteiger partial charge in [0, 0.05) is 23.8 Å². The van der Waals surface area contributed by atoms with Crippen LogP contribution in [0.4, 0.5) is 5.69 Å². The normalized spacial score (nSPS) is 11.1. The number of rotatable bonds is 8. The fraction of sp³-hybridized carbons (Fsp3) is 0.316. The van der Waals surface area contributed by atoms with Gasteiger partial charge in [0.25, 0.3) is 5.91 Å². The van der Waals surface area contributed by atoms with Crippen molar-refractivity contribution >= 4 is 34.0 Å². The van der Waals surface area contributed by atoms with E-state index >= 15 is 0 Å². The van der Waals surface area contributed by atoms with E-state index in [0.717, 1.165) is 12.1 Å². The smallest absolute Gasteiger partial charge is 0.255 e. The zero-order valence-corrected chi connectivity index (χ0v) is 17.3. The van der Waals surface area contributed by atoms with Crippen molar-refractivity contribution in [1.29, 1.82) is 0 Å². The van der Waals surface area contributed by atoms with E-state index in [1.165, 1.54) is 12.1 Å².